The van der Waals surface area contributed by atoms with Crippen LogP contribution < -0.4 is 15.4 Å². The third-order valence-corrected chi connectivity index (χ3v) is 13.6. The summed E-state index contributed by atoms with van der Waals surface area (Å²) >= 11 is 0. The number of nitrogens with zero attached hydrogens (tertiary/aromatic N) is 4. The molecule has 2 saturated heterocycles. The van der Waals surface area contributed by atoms with Gasteiger partial charge in [0.1, 0.15) is 36.9 Å². The van der Waals surface area contributed by atoms with Gasteiger partial charge in [0.25, 0.3) is 0 Å². The van der Waals surface area contributed by atoms with Crippen molar-refractivity contribution in [1.82, 2.24) is 30.4 Å². The van der Waals surface area contributed by atoms with E-state index < -0.39 is 36.7 Å². The molecule has 15 heteroatoms. The number of aliphatic hydroxyl groups excluding tert-OH is 2. The molecule has 4 aliphatic heterocycles. The van der Waals surface area contributed by atoms with Crippen molar-refractivity contribution < 1.29 is 38.9 Å². The minimum Gasteiger partial charge on any atom is -0.488 e. The van der Waals surface area contributed by atoms with Crippen LogP contribution in [0, 0.1) is 11.8 Å². The summed E-state index contributed by atoms with van der Waals surface area (Å²) in [5.74, 6) is 0.203. The molecule has 0 spiro atoms. The average molecular weight is 882 g/mol. The number of aromatic nitrogens is 2. The zero-order valence-corrected chi connectivity index (χ0v) is 37.0. The van der Waals surface area contributed by atoms with Crippen molar-refractivity contribution >= 4 is 46.0 Å². The number of hydrogen-bond donors (Lipinski definition) is 5. The maximum absolute atomic E-state index is 14.3. The lowest BCUT2D eigenvalue weighted by atomic mass is 9.90. The minimum absolute atomic E-state index is 0.000521. The number of fused-ring (bicyclic) bond motifs is 6. The molecule has 5 aromatic rings. The summed E-state index contributed by atoms with van der Waals surface area (Å²) < 4.78 is 11.3. The minimum atomic E-state index is -1.00. The second kappa shape index (κ2) is 18.1. The Morgan fingerprint density at radius 1 is 0.954 bits per heavy atom. The number of likely N-dealkylation sites (tertiary alicyclic amines) is 2. The number of nitrogens with one attached hydrogen (secondary N) is 3. The van der Waals surface area contributed by atoms with Gasteiger partial charge in [-0.2, -0.15) is 0 Å². The molecule has 5 N–H and O–H groups in total. The molecule has 0 bridgehead atoms. The number of aromatic amines is 1. The number of aliphatic hydroxyl groups is 2. The van der Waals surface area contributed by atoms with Gasteiger partial charge >= 0.3 is 6.09 Å². The van der Waals surface area contributed by atoms with E-state index in [2.05, 4.69) is 65.0 Å². The van der Waals surface area contributed by atoms with Gasteiger partial charge in [-0.15, -0.1) is 0 Å². The number of alkyl carbamates (subject to hydrolysis) is 1. The molecule has 2 fully saturated rings. The molecule has 4 aliphatic rings. The average Bonchev–Trinajstić information content (AvgIpc) is 4.15. The first kappa shape index (κ1) is 43.7. The van der Waals surface area contributed by atoms with Crippen LogP contribution in [0.1, 0.15) is 81.1 Å². The van der Waals surface area contributed by atoms with Crippen molar-refractivity contribution in [3.05, 3.63) is 102 Å². The number of rotatable bonds is 12. The van der Waals surface area contributed by atoms with E-state index in [0.717, 1.165) is 74.3 Å². The largest absolute Gasteiger partial charge is 0.488 e. The van der Waals surface area contributed by atoms with Crippen LogP contribution in [-0.2, 0) is 32.1 Å². The van der Waals surface area contributed by atoms with Gasteiger partial charge in [-0.1, -0.05) is 62.4 Å². The fraction of sp³-hybridized carbons (Fsp3) is 0.400. The summed E-state index contributed by atoms with van der Waals surface area (Å²) in [6.45, 7) is 5.88. The predicted octanol–water partition coefficient (Wildman–Crippen LogP) is 6.30. The number of methoxy groups -OCH3 is 1. The molecule has 338 valence electrons. The van der Waals surface area contributed by atoms with Gasteiger partial charge < -0.3 is 45.1 Å². The van der Waals surface area contributed by atoms with E-state index in [1.54, 1.807) is 35.4 Å². The van der Waals surface area contributed by atoms with Gasteiger partial charge in [0.05, 0.1) is 36.8 Å². The van der Waals surface area contributed by atoms with Crippen molar-refractivity contribution in [1.29, 1.82) is 0 Å². The van der Waals surface area contributed by atoms with Crippen LogP contribution in [0.4, 0.5) is 10.5 Å². The maximum atomic E-state index is 14.3. The second-order valence-corrected chi connectivity index (χ2v) is 18.0. The number of hydrogen-bond acceptors (Lipinski definition) is 10. The standard InChI is InChI=1S/C50H55N7O8/c1-27(2)45(55-50(63)64-4)49(62)57-28(3)10-15-41(57)39-21-36-35-22-43-37(20-31(35)12-14-38(36)52-39)34-13-11-32(19-33(34)26-65-43)40-23-51-47(53-40)42-18-29(16-17-58)24-56(42)48(61)46(54-44(60)25-59)30-8-6-5-7-9-30/h5-9,11-14,19-20,22-23,27-29,41-42,45-46,58-59H,10,15-18,21,24-26H2,1-4H3,(H,51,53)(H,54,60)(H,55,63)/t28-,29-,41-,42-,45-,46+/m0/s1. The Bertz CT molecular complexity index is 2680. The van der Waals surface area contributed by atoms with Gasteiger partial charge in [-0.3, -0.25) is 19.4 Å². The molecule has 0 aliphatic carbocycles. The zero-order chi connectivity index (χ0) is 45.5. The van der Waals surface area contributed by atoms with Crippen LogP contribution in [0.3, 0.4) is 0 Å². The normalized spacial score (nSPS) is 20.7. The number of imidazole rings is 1. The Morgan fingerprint density at radius 3 is 2.52 bits per heavy atom. The lowest BCUT2D eigenvalue weighted by molar-refractivity contribution is -0.138. The molecule has 0 unspecified atom stereocenters. The Kier molecular flexibility index (Phi) is 12.2. The molecule has 4 aromatic carbocycles. The predicted molar refractivity (Wildman–Crippen MR) is 244 cm³/mol. The van der Waals surface area contributed by atoms with Gasteiger partial charge in [-0.25, -0.2) is 9.78 Å². The third kappa shape index (κ3) is 8.34. The lowest BCUT2D eigenvalue weighted by Gasteiger charge is -2.33. The van der Waals surface area contributed by atoms with Crippen molar-refractivity contribution in [3.8, 4) is 28.1 Å². The first-order valence-corrected chi connectivity index (χ1v) is 22.5. The Labute approximate surface area is 377 Å². The Balaban J connectivity index is 0.947. The van der Waals surface area contributed by atoms with Crippen molar-refractivity contribution in [2.75, 3.05) is 26.9 Å². The highest BCUT2D eigenvalue weighted by atomic mass is 16.5. The van der Waals surface area contributed by atoms with Crippen molar-refractivity contribution in [2.45, 2.75) is 89.7 Å². The summed E-state index contributed by atoms with van der Waals surface area (Å²) in [7, 11) is 1.30. The van der Waals surface area contributed by atoms with Crippen LogP contribution in [-0.4, -0.2) is 105 Å². The summed E-state index contributed by atoms with van der Waals surface area (Å²) in [6, 6.07) is 21.4. The van der Waals surface area contributed by atoms with Gasteiger partial charge in [0, 0.05) is 36.9 Å². The summed E-state index contributed by atoms with van der Waals surface area (Å²) in [5.41, 5.74) is 8.32. The monoisotopic (exact) mass is 881 g/mol. The van der Waals surface area contributed by atoms with E-state index in [4.69, 9.17) is 19.5 Å². The van der Waals surface area contributed by atoms with E-state index in [9.17, 15) is 29.4 Å². The number of amides is 4. The highest BCUT2D eigenvalue weighted by Crippen LogP contribution is 2.45. The zero-order valence-electron chi connectivity index (χ0n) is 37.0. The highest BCUT2D eigenvalue weighted by molar-refractivity contribution is 6.07. The SMILES string of the molecule is COC(=O)N[C@H](C(=O)N1[C@@H](C)CC[C@H]1C1=Nc2ccc3cc4c(cc3c2C1)OCc1cc(-c2cnc([C@@H]3C[C@H](CCO)CN3C(=O)[C@H](NC(=O)CO)c3ccccc3)[nH]2)ccc1-4)C(C)C. The van der Waals surface area contributed by atoms with Crippen LogP contribution in [0.2, 0.25) is 0 Å². The molecule has 15 nitrogen and oxygen atoms in total. The Morgan fingerprint density at radius 2 is 1.77 bits per heavy atom. The van der Waals surface area contributed by atoms with E-state index in [1.807, 2.05) is 24.8 Å². The summed E-state index contributed by atoms with van der Waals surface area (Å²) in [6.07, 6.45) is 4.49. The van der Waals surface area contributed by atoms with Crippen molar-refractivity contribution in [2.24, 2.45) is 16.8 Å². The molecule has 4 amide bonds. The molecule has 9 rings (SSSR count). The van der Waals surface area contributed by atoms with E-state index in [0.29, 0.717) is 43.8 Å². The van der Waals surface area contributed by atoms with E-state index >= 15 is 0 Å². The highest BCUT2D eigenvalue weighted by Gasteiger charge is 2.43. The molecule has 5 heterocycles. The van der Waals surface area contributed by atoms with Crippen LogP contribution >= 0.6 is 0 Å². The second-order valence-electron chi connectivity index (χ2n) is 18.0. The van der Waals surface area contributed by atoms with Gasteiger partial charge in [0.15, 0.2) is 0 Å². The molecule has 1 aromatic heterocycles. The number of H-pyrrole nitrogens is 1. The number of aliphatic imine (C=N–C) groups is 1. The van der Waals surface area contributed by atoms with Crippen LogP contribution in [0.15, 0.2) is 84.0 Å². The van der Waals surface area contributed by atoms with E-state index in [-0.39, 0.29) is 42.3 Å². The molecule has 0 radical (unpaired) electrons. The molecular formula is C50H55N7O8. The third-order valence-electron chi connectivity index (χ3n) is 13.6. The molecule has 6 atom stereocenters. The number of benzene rings is 4. The lowest BCUT2D eigenvalue weighted by Crippen LogP contribution is -2.55. The number of ether oxygens (including phenoxy) is 2. The first-order chi connectivity index (χ1) is 31.5. The fourth-order valence-corrected chi connectivity index (χ4v) is 10.2. The quantitative estimate of drug-likeness (QED) is 0.0955. The maximum Gasteiger partial charge on any atom is 0.407 e. The summed E-state index contributed by atoms with van der Waals surface area (Å²) in [4.78, 5) is 69.9. The van der Waals surface area contributed by atoms with Gasteiger partial charge in [0.2, 0.25) is 17.7 Å². The summed E-state index contributed by atoms with van der Waals surface area (Å²) in [5, 5.41) is 26.9. The molecular weight excluding hydrogens is 827 g/mol. The number of carbonyl (C=O) groups excluding carboxylic acids is 4. The van der Waals surface area contributed by atoms with Crippen molar-refractivity contribution in [3.63, 3.8) is 0 Å². The molecule has 0 saturated carbocycles. The number of carbonyl (C=O) groups is 4. The smallest absolute Gasteiger partial charge is 0.407 e. The van der Waals surface area contributed by atoms with Crippen LogP contribution in [0.5, 0.6) is 5.75 Å². The fourth-order valence-electron chi connectivity index (χ4n) is 10.2. The van der Waals surface area contributed by atoms with Crippen LogP contribution in [0.25, 0.3) is 33.2 Å². The molecule has 65 heavy (non-hydrogen) atoms. The van der Waals surface area contributed by atoms with E-state index in [1.165, 1.54) is 7.11 Å². The van der Waals surface area contributed by atoms with Gasteiger partial charge in [-0.05, 0) is 107 Å². The Hall–Kier alpha value is -6.58. The topological polar surface area (TPSA) is 199 Å². The first-order valence-electron chi connectivity index (χ1n) is 22.5.